The van der Waals surface area contributed by atoms with Gasteiger partial charge in [0.25, 0.3) is 0 Å². The van der Waals surface area contributed by atoms with Gasteiger partial charge in [-0.15, -0.1) is 0 Å². The van der Waals surface area contributed by atoms with Crippen LogP contribution >= 0.6 is 0 Å². The average molecular weight is 387 g/mol. The molecule has 1 aromatic carbocycles. The summed E-state index contributed by atoms with van der Waals surface area (Å²) in [5, 5.41) is 11.8. The Bertz CT molecular complexity index is 799. The van der Waals surface area contributed by atoms with Gasteiger partial charge in [-0.1, -0.05) is 32.9 Å². The van der Waals surface area contributed by atoms with Gasteiger partial charge in [-0.2, -0.15) is 0 Å². The van der Waals surface area contributed by atoms with Crippen molar-refractivity contribution in [1.29, 1.82) is 0 Å². The molecule has 1 aromatic rings. The molecule has 3 amide bonds. The molecule has 2 unspecified atom stereocenters. The summed E-state index contributed by atoms with van der Waals surface area (Å²) in [5.41, 5.74) is 2.95. The van der Waals surface area contributed by atoms with E-state index in [2.05, 4.69) is 31.0 Å². The number of piperidine rings is 1. The van der Waals surface area contributed by atoms with E-state index in [4.69, 9.17) is 0 Å². The number of nitrogens with zero attached hydrogens (tertiary/aromatic N) is 2. The monoisotopic (exact) mass is 387 g/mol. The third kappa shape index (κ3) is 3.98. The maximum atomic E-state index is 12.2. The summed E-state index contributed by atoms with van der Waals surface area (Å²) >= 11 is 0. The molecular weight excluding hydrogens is 358 g/mol. The molecule has 2 aliphatic heterocycles. The molecule has 7 nitrogen and oxygen atoms in total. The van der Waals surface area contributed by atoms with E-state index >= 15 is 0 Å². The topological polar surface area (TPSA) is 90.0 Å². The predicted octanol–water partition coefficient (Wildman–Crippen LogP) is 2.73. The highest BCUT2D eigenvalue weighted by Crippen LogP contribution is 2.35. The van der Waals surface area contributed by atoms with Crippen LogP contribution in [0.1, 0.15) is 50.7 Å². The third-order valence-corrected chi connectivity index (χ3v) is 5.82. The highest BCUT2D eigenvalue weighted by molar-refractivity contribution is 6.01. The van der Waals surface area contributed by atoms with Gasteiger partial charge in [-0.3, -0.25) is 14.9 Å². The Labute approximate surface area is 165 Å². The maximum absolute atomic E-state index is 12.2. The van der Waals surface area contributed by atoms with Crippen molar-refractivity contribution in [3.05, 3.63) is 29.3 Å². The number of benzene rings is 1. The highest BCUT2D eigenvalue weighted by Gasteiger charge is 2.38. The summed E-state index contributed by atoms with van der Waals surface area (Å²) < 4.78 is 0. The molecule has 28 heavy (non-hydrogen) atoms. The number of carbonyl (C=O) groups excluding carboxylic acids is 2. The summed E-state index contributed by atoms with van der Waals surface area (Å²) in [7, 11) is 0. The van der Waals surface area contributed by atoms with Gasteiger partial charge in [0.1, 0.15) is 0 Å². The molecule has 2 N–H and O–H groups in total. The molecule has 3 rings (SSSR count). The molecular formula is C21H29N3O4. The Morgan fingerprint density at radius 1 is 1.21 bits per heavy atom. The van der Waals surface area contributed by atoms with Crippen molar-refractivity contribution in [3.63, 3.8) is 0 Å². The van der Waals surface area contributed by atoms with Crippen molar-refractivity contribution in [1.82, 2.24) is 10.2 Å². The van der Waals surface area contributed by atoms with Crippen LogP contribution in [0.5, 0.6) is 0 Å². The first-order valence-corrected chi connectivity index (χ1v) is 9.76. The third-order valence-electron chi connectivity index (χ3n) is 5.82. The summed E-state index contributed by atoms with van der Waals surface area (Å²) in [6.07, 6.45) is 0.0186. The Morgan fingerprint density at radius 3 is 2.50 bits per heavy atom. The van der Waals surface area contributed by atoms with Gasteiger partial charge < -0.3 is 14.9 Å². The largest absolute Gasteiger partial charge is 0.465 e. The number of hydrogen-bond donors (Lipinski definition) is 2. The highest BCUT2D eigenvalue weighted by atomic mass is 16.4. The van der Waals surface area contributed by atoms with Crippen molar-refractivity contribution in [2.24, 2.45) is 5.41 Å². The smallest absolute Gasteiger partial charge is 0.407 e. The predicted molar refractivity (Wildman–Crippen MR) is 106 cm³/mol. The molecule has 2 heterocycles. The molecule has 2 aliphatic rings. The zero-order valence-electron chi connectivity index (χ0n) is 17.0. The van der Waals surface area contributed by atoms with Crippen molar-refractivity contribution in [2.45, 2.75) is 52.5 Å². The Morgan fingerprint density at radius 2 is 1.93 bits per heavy atom. The number of carbonyl (C=O) groups is 3. The fourth-order valence-corrected chi connectivity index (χ4v) is 4.22. The van der Waals surface area contributed by atoms with Crippen molar-refractivity contribution >= 4 is 23.6 Å². The van der Waals surface area contributed by atoms with Crippen LogP contribution in [0.2, 0.25) is 0 Å². The van der Waals surface area contributed by atoms with Crippen LogP contribution < -0.4 is 10.2 Å². The second kappa shape index (κ2) is 7.45. The molecule has 152 valence electrons. The second-order valence-electron chi connectivity index (χ2n) is 8.85. The van der Waals surface area contributed by atoms with Gasteiger partial charge in [0.2, 0.25) is 11.8 Å². The van der Waals surface area contributed by atoms with Crippen LogP contribution in [0.25, 0.3) is 0 Å². The minimum atomic E-state index is -0.876. The quantitative estimate of drug-likeness (QED) is 0.762. The molecule has 7 heteroatoms. The van der Waals surface area contributed by atoms with Crippen LogP contribution in [0.15, 0.2) is 18.2 Å². The van der Waals surface area contributed by atoms with E-state index in [-0.39, 0.29) is 29.2 Å². The molecule has 2 atom stereocenters. The van der Waals surface area contributed by atoms with E-state index in [1.165, 1.54) is 4.90 Å². The van der Waals surface area contributed by atoms with Crippen LogP contribution in [-0.4, -0.2) is 53.6 Å². The molecule has 0 radical (unpaired) electrons. The number of hydrogen-bond acceptors (Lipinski definition) is 4. The van der Waals surface area contributed by atoms with Crippen molar-refractivity contribution in [2.75, 3.05) is 24.5 Å². The number of piperazine rings is 1. The van der Waals surface area contributed by atoms with Gasteiger partial charge in [0.15, 0.2) is 0 Å². The molecule has 0 bridgehead atoms. The SMILES string of the molecule is Cc1cc(C2CCC(=O)NC2=O)ccc1N1CCN(C(=O)O)CC1C(C)(C)C. The molecule has 2 saturated heterocycles. The lowest BCUT2D eigenvalue weighted by molar-refractivity contribution is -0.134. The lowest BCUT2D eigenvalue weighted by Gasteiger charge is -2.48. The first-order valence-electron chi connectivity index (χ1n) is 9.76. The van der Waals surface area contributed by atoms with Crippen LogP contribution in [0, 0.1) is 12.3 Å². The Balaban J connectivity index is 1.87. The fourth-order valence-electron chi connectivity index (χ4n) is 4.22. The number of aryl methyl sites for hydroxylation is 1. The van der Waals surface area contributed by atoms with E-state index in [1.54, 1.807) is 0 Å². The minimum Gasteiger partial charge on any atom is -0.465 e. The van der Waals surface area contributed by atoms with E-state index < -0.39 is 6.09 Å². The van der Waals surface area contributed by atoms with Gasteiger partial charge in [-0.25, -0.2) is 4.79 Å². The van der Waals surface area contributed by atoms with Crippen molar-refractivity contribution in [3.8, 4) is 0 Å². The summed E-state index contributed by atoms with van der Waals surface area (Å²) in [5.74, 6) is -0.738. The van der Waals surface area contributed by atoms with E-state index in [1.807, 2.05) is 25.1 Å². The molecule has 0 spiro atoms. The van der Waals surface area contributed by atoms with Crippen molar-refractivity contribution < 1.29 is 19.5 Å². The van der Waals surface area contributed by atoms with Gasteiger partial charge in [0.05, 0.1) is 12.0 Å². The fraction of sp³-hybridized carbons (Fsp3) is 0.571. The summed E-state index contributed by atoms with van der Waals surface area (Å²) in [6.45, 7) is 9.97. The Kier molecular flexibility index (Phi) is 5.37. The average Bonchev–Trinajstić information content (AvgIpc) is 2.60. The number of anilines is 1. The lowest BCUT2D eigenvalue weighted by Crippen LogP contribution is -2.59. The number of imide groups is 1. The number of carboxylic acid groups (broad SMARTS) is 1. The summed E-state index contributed by atoms with van der Waals surface area (Å²) in [6, 6.07) is 6.07. The van der Waals surface area contributed by atoms with Crippen LogP contribution in [0.3, 0.4) is 0 Å². The van der Waals surface area contributed by atoms with E-state index in [9.17, 15) is 19.5 Å². The number of amides is 3. The van der Waals surface area contributed by atoms with Crippen LogP contribution in [0.4, 0.5) is 10.5 Å². The number of nitrogens with one attached hydrogen (secondary N) is 1. The van der Waals surface area contributed by atoms with E-state index in [0.29, 0.717) is 32.5 Å². The molecule has 0 aliphatic carbocycles. The molecule has 2 fully saturated rings. The maximum Gasteiger partial charge on any atom is 0.407 e. The van der Waals surface area contributed by atoms with Gasteiger partial charge in [0, 0.05) is 31.7 Å². The first-order chi connectivity index (χ1) is 13.1. The minimum absolute atomic E-state index is 0.0532. The normalized spacial score (nSPS) is 23.6. The molecule has 0 saturated carbocycles. The zero-order chi connectivity index (χ0) is 20.6. The first kappa shape index (κ1) is 20.2. The standard InChI is InChI=1S/C21H29N3O4/c1-13-11-14(15-6-8-18(25)22-19(15)26)5-7-16(13)24-10-9-23(20(27)28)12-17(24)21(2,3)4/h5,7,11,15,17H,6,8-10,12H2,1-4H3,(H,27,28)(H,22,25,26). The van der Waals surface area contributed by atoms with E-state index in [0.717, 1.165) is 16.8 Å². The second-order valence-corrected chi connectivity index (χ2v) is 8.85. The lowest BCUT2D eigenvalue weighted by atomic mass is 9.83. The Hall–Kier alpha value is -2.57. The van der Waals surface area contributed by atoms with Gasteiger partial charge >= 0.3 is 6.09 Å². The zero-order valence-corrected chi connectivity index (χ0v) is 17.0. The van der Waals surface area contributed by atoms with Crippen LogP contribution in [-0.2, 0) is 9.59 Å². The summed E-state index contributed by atoms with van der Waals surface area (Å²) in [4.78, 5) is 38.8. The number of rotatable bonds is 2. The van der Waals surface area contributed by atoms with Gasteiger partial charge in [-0.05, 0) is 36.0 Å². The molecule has 0 aromatic heterocycles.